The summed E-state index contributed by atoms with van der Waals surface area (Å²) in [5.41, 5.74) is 1.69. The molecule has 102 valence electrons. The Morgan fingerprint density at radius 3 is 2.75 bits per heavy atom. The second kappa shape index (κ2) is 6.65. The smallest absolute Gasteiger partial charge is 0.333 e. The van der Waals surface area contributed by atoms with Gasteiger partial charge in [-0.2, -0.15) is 0 Å². The normalized spacial score (nSPS) is 11.2. The number of rotatable bonds is 5. The van der Waals surface area contributed by atoms with E-state index < -0.39 is 12.0 Å². The van der Waals surface area contributed by atoms with Crippen molar-refractivity contribution in [2.75, 3.05) is 12.4 Å². The first-order chi connectivity index (χ1) is 9.74. The molecular formula is C14H12N2O3S. The average Bonchev–Trinajstić information content (AvgIpc) is 3.01. The molecule has 1 heterocycles. The maximum absolute atomic E-state index is 11.5. The van der Waals surface area contributed by atoms with Crippen molar-refractivity contribution in [2.45, 2.75) is 6.04 Å². The van der Waals surface area contributed by atoms with Gasteiger partial charge in [-0.05, 0) is 24.3 Å². The first-order valence-corrected chi connectivity index (χ1v) is 6.68. The fraction of sp³-hybridized carbons (Fsp3) is 0.143. The van der Waals surface area contributed by atoms with Crippen LogP contribution in [0.3, 0.4) is 0 Å². The highest BCUT2D eigenvalue weighted by Crippen LogP contribution is 2.23. The summed E-state index contributed by atoms with van der Waals surface area (Å²) in [5.74, 6) is 1.05. The molecule has 0 bridgehead atoms. The van der Waals surface area contributed by atoms with Crippen molar-refractivity contribution < 1.29 is 14.3 Å². The molecule has 1 atom stereocenters. The highest BCUT2D eigenvalue weighted by molar-refractivity contribution is 7.13. The zero-order valence-electron chi connectivity index (χ0n) is 10.7. The Morgan fingerprint density at radius 1 is 1.45 bits per heavy atom. The number of methoxy groups -OCH3 is 1. The molecule has 6 heteroatoms. The molecule has 1 aromatic carbocycles. The van der Waals surface area contributed by atoms with Crippen molar-refractivity contribution in [1.29, 1.82) is 0 Å². The molecule has 20 heavy (non-hydrogen) atoms. The number of nitrogens with one attached hydrogen (secondary N) is 1. The van der Waals surface area contributed by atoms with Crippen LogP contribution in [-0.4, -0.2) is 30.0 Å². The van der Waals surface area contributed by atoms with Crippen molar-refractivity contribution in [1.82, 2.24) is 4.98 Å². The van der Waals surface area contributed by atoms with Crippen molar-refractivity contribution in [3.63, 3.8) is 0 Å². The Kier molecular flexibility index (Phi) is 4.65. The number of carbonyl (C=O) groups excluding carboxylic acids is 2. The Morgan fingerprint density at radius 2 is 2.20 bits per heavy atom. The van der Waals surface area contributed by atoms with Crippen LogP contribution in [-0.2, 0) is 14.3 Å². The highest BCUT2D eigenvalue weighted by Gasteiger charge is 2.16. The molecule has 0 amide bonds. The lowest BCUT2D eigenvalue weighted by atomic mass is 10.2. The highest BCUT2D eigenvalue weighted by atomic mass is 32.1. The fourth-order valence-electron chi connectivity index (χ4n) is 1.62. The maximum atomic E-state index is 11.5. The van der Waals surface area contributed by atoms with E-state index in [4.69, 9.17) is 0 Å². The third-order valence-corrected chi connectivity index (χ3v) is 3.40. The van der Waals surface area contributed by atoms with Crippen LogP contribution in [0, 0.1) is 0 Å². The first-order valence-electron chi connectivity index (χ1n) is 5.80. The standard InChI is InChI=1S/C14H12N2O3S/c1-19-14(18)12(6-8-17)16-11-4-2-10(3-5-11)13-15-7-9-20-13/h2-7,9,12,16H,1H3/t12-/m0/s1. The van der Waals surface area contributed by atoms with Crippen molar-refractivity contribution >= 4 is 28.9 Å². The zero-order chi connectivity index (χ0) is 14.4. The predicted molar refractivity (Wildman–Crippen MR) is 77.2 cm³/mol. The Bertz CT molecular complexity index is 616. The molecule has 2 aromatic rings. The fourth-order valence-corrected chi connectivity index (χ4v) is 2.26. The quantitative estimate of drug-likeness (QED) is 0.674. The number of carbonyl (C=O) groups is 1. The molecule has 0 saturated heterocycles. The lowest BCUT2D eigenvalue weighted by Gasteiger charge is -2.13. The van der Waals surface area contributed by atoms with Gasteiger partial charge in [-0.1, -0.05) is 0 Å². The van der Waals surface area contributed by atoms with Crippen molar-refractivity contribution in [3.8, 4) is 10.6 Å². The average molecular weight is 288 g/mol. The Balaban J connectivity index is 2.13. The van der Waals surface area contributed by atoms with Crippen LogP contribution in [0.2, 0.25) is 0 Å². The van der Waals surface area contributed by atoms with Gasteiger partial charge in [0.25, 0.3) is 0 Å². The van der Waals surface area contributed by atoms with E-state index in [1.165, 1.54) is 7.11 Å². The molecule has 5 nitrogen and oxygen atoms in total. The number of ether oxygens (including phenoxy) is 1. The van der Waals surface area contributed by atoms with Gasteiger partial charge in [-0.25, -0.2) is 14.6 Å². The zero-order valence-corrected chi connectivity index (χ0v) is 11.5. The number of hydrogen-bond donors (Lipinski definition) is 1. The van der Waals surface area contributed by atoms with Gasteiger partial charge in [0.15, 0.2) is 6.04 Å². The lowest BCUT2D eigenvalue weighted by Crippen LogP contribution is -2.28. The largest absolute Gasteiger partial charge is 0.467 e. The summed E-state index contributed by atoms with van der Waals surface area (Å²) in [6, 6.07) is 6.56. The molecule has 0 aliphatic carbocycles. The summed E-state index contributed by atoms with van der Waals surface area (Å²) in [7, 11) is 1.27. The van der Waals surface area contributed by atoms with Gasteiger partial charge >= 0.3 is 5.97 Å². The van der Waals surface area contributed by atoms with Crippen LogP contribution >= 0.6 is 11.3 Å². The van der Waals surface area contributed by atoms with Crippen molar-refractivity contribution in [3.05, 3.63) is 41.9 Å². The third-order valence-electron chi connectivity index (χ3n) is 2.58. The Hall–Kier alpha value is -2.43. The van der Waals surface area contributed by atoms with Gasteiger partial charge in [0.05, 0.1) is 7.11 Å². The second-order valence-corrected chi connectivity index (χ2v) is 4.74. The van der Waals surface area contributed by atoms with E-state index in [0.717, 1.165) is 16.6 Å². The molecule has 0 fully saturated rings. The van der Waals surface area contributed by atoms with Gasteiger partial charge in [-0.15, -0.1) is 11.3 Å². The number of aromatic nitrogens is 1. The number of benzene rings is 1. The van der Waals surface area contributed by atoms with Gasteiger partial charge in [-0.3, -0.25) is 0 Å². The minimum atomic E-state index is -0.844. The number of hydrogen-bond acceptors (Lipinski definition) is 6. The SMILES string of the molecule is COC(=O)[C@H](C=C=O)Nc1ccc(-c2nccs2)cc1. The van der Waals surface area contributed by atoms with Crippen molar-refractivity contribution in [2.24, 2.45) is 0 Å². The predicted octanol–water partition coefficient (Wildman–Crippen LogP) is 2.15. The van der Waals surface area contributed by atoms with E-state index in [2.05, 4.69) is 15.0 Å². The van der Waals surface area contributed by atoms with E-state index in [9.17, 15) is 9.59 Å². The second-order valence-electron chi connectivity index (χ2n) is 3.84. The summed E-state index contributed by atoms with van der Waals surface area (Å²) in [4.78, 5) is 26.1. The van der Waals surface area contributed by atoms with Gasteiger partial charge < -0.3 is 10.1 Å². The lowest BCUT2D eigenvalue weighted by molar-refractivity contribution is -0.140. The summed E-state index contributed by atoms with van der Waals surface area (Å²) in [6.07, 6.45) is 2.83. The minimum absolute atomic E-state index is 0.544. The topological polar surface area (TPSA) is 68.3 Å². The van der Waals surface area contributed by atoms with Crippen LogP contribution in [0.1, 0.15) is 0 Å². The molecule has 1 aromatic heterocycles. The summed E-state index contributed by atoms with van der Waals surface area (Å²) in [6.45, 7) is 0. The van der Waals surface area contributed by atoms with Crippen LogP contribution in [0.5, 0.6) is 0 Å². The summed E-state index contributed by atoms with van der Waals surface area (Å²) < 4.78 is 4.60. The molecular weight excluding hydrogens is 276 g/mol. The van der Waals surface area contributed by atoms with Crippen LogP contribution < -0.4 is 5.32 Å². The molecule has 2 rings (SSSR count). The van der Waals surface area contributed by atoms with Gasteiger partial charge in [0.1, 0.15) is 10.9 Å². The molecule has 0 saturated carbocycles. The summed E-state index contributed by atoms with van der Waals surface area (Å²) in [5, 5.41) is 5.72. The Labute approximate surface area is 119 Å². The molecule has 0 aliphatic heterocycles. The molecule has 1 N–H and O–H groups in total. The van der Waals surface area contributed by atoms with Crippen LogP contribution in [0.4, 0.5) is 5.69 Å². The van der Waals surface area contributed by atoms with E-state index in [1.54, 1.807) is 23.5 Å². The van der Waals surface area contributed by atoms with Crippen LogP contribution in [0.25, 0.3) is 10.6 Å². The number of anilines is 1. The van der Waals surface area contributed by atoms with Gasteiger partial charge in [0, 0.05) is 28.9 Å². The maximum Gasteiger partial charge on any atom is 0.333 e. The monoisotopic (exact) mass is 288 g/mol. The molecule has 0 aliphatic rings. The summed E-state index contributed by atoms with van der Waals surface area (Å²) >= 11 is 1.55. The third kappa shape index (κ3) is 3.32. The molecule has 0 radical (unpaired) electrons. The van der Waals surface area contributed by atoms with Gasteiger partial charge in [0.2, 0.25) is 0 Å². The van der Waals surface area contributed by atoms with E-state index in [1.807, 2.05) is 29.6 Å². The minimum Gasteiger partial charge on any atom is -0.467 e. The van der Waals surface area contributed by atoms with Crippen LogP contribution in [0.15, 0.2) is 41.9 Å². The van der Waals surface area contributed by atoms with E-state index in [0.29, 0.717) is 5.69 Å². The number of thiazole rings is 1. The van der Waals surface area contributed by atoms with E-state index in [-0.39, 0.29) is 0 Å². The molecule has 0 spiro atoms. The number of esters is 1. The first kappa shape index (κ1) is 14.0. The van der Waals surface area contributed by atoms with E-state index >= 15 is 0 Å². The molecule has 0 unspecified atom stereocenters. The number of nitrogens with zero attached hydrogens (tertiary/aromatic N) is 1.